The molecule has 3 N–H and O–H groups in total. The molecule has 33 heavy (non-hydrogen) atoms. The van der Waals surface area contributed by atoms with Gasteiger partial charge < -0.3 is 10.6 Å². The van der Waals surface area contributed by atoms with Crippen molar-refractivity contribution in [2.75, 3.05) is 11.1 Å². The molecular weight excluding hydrogens is 440 g/mol. The van der Waals surface area contributed by atoms with Gasteiger partial charge in [-0.1, -0.05) is 0 Å². The normalized spacial score (nSPS) is 27.3. The first-order valence-corrected chi connectivity index (χ1v) is 12.3. The summed E-state index contributed by atoms with van der Waals surface area (Å²) in [5.41, 5.74) is 1.55. The monoisotopic (exact) mass is 460 g/mol. The molecule has 1 saturated heterocycles. The molecule has 10 nitrogen and oxygen atoms in total. The Morgan fingerprint density at radius 2 is 2.09 bits per heavy atom. The zero-order chi connectivity index (χ0) is 23.0. The van der Waals surface area contributed by atoms with Crippen molar-refractivity contribution in [3.63, 3.8) is 0 Å². The molecule has 0 aromatic carbocycles. The minimum atomic E-state index is -3.54. The maximum absolute atomic E-state index is 13.3. The molecule has 2 atom stereocenters. The molecule has 3 aliphatic rings. The fourth-order valence-electron chi connectivity index (χ4n) is 4.98. The molecule has 3 aromatic rings. The molecule has 1 saturated carbocycles. The second-order valence-electron chi connectivity index (χ2n) is 9.16. The number of nitriles is 1. The molecule has 0 amide bonds. The van der Waals surface area contributed by atoms with Gasteiger partial charge in [0.25, 0.3) is 0 Å². The molecule has 166 valence electrons. The van der Waals surface area contributed by atoms with Crippen LogP contribution in [0.1, 0.15) is 36.6 Å². The van der Waals surface area contributed by atoms with Gasteiger partial charge in [0.2, 0.25) is 5.95 Å². The SMILES string of the molecule is C[C@]1(C2CC2)C(=N)N[C@@]2(Cc3cnc(Nc4nccc5cc(C#N)cnc45)nc32)CS1(=O)=O. The Bertz CT molecular complexity index is 1510. The third-order valence-electron chi connectivity index (χ3n) is 7.07. The molecule has 0 unspecified atom stereocenters. The van der Waals surface area contributed by atoms with E-state index in [4.69, 9.17) is 10.7 Å². The van der Waals surface area contributed by atoms with Crippen LogP contribution in [0.3, 0.4) is 0 Å². The van der Waals surface area contributed by atoms with Crippen molar-refractivity contribution >= 4 is 38.3 Å². The second kappa shape index (κ2) is 6.45. The van der Waals surface area contributed by atoms with Crippen LogP contribution in [-0.2, 0) is 21.8 Å². The predicted molar refractivity (Wildman–Crippen MR) is 121 cm³/mol. The van der Waals surface area contributed by atoms with E-state index in [1.165, 1.54) is 6.20 Å². The summed E-state index contributed by atoms with van der Waals surface area (Å²) < 4.78 is 25.5. The Kier molecular flexibility index (Phi) is 3.91. The van der Waals surface area contributed by atoms with Gasteiger partial charge in [0, 0.05) is 30.4 Å². The van der Waals surface area contributed by atoms with Crippen LogP contribution in [0.5, 0.6) is 0 Å². The number of hydrogen-bond donors (Lipinski definition) is 3. The van der Waals surface area contributed by atoms with Crippen LogP contribution in [-0.4, -0.2) is 44.7 Å². The van der Waals surface area contributed by atoms with Crippen LogP contribution in [0.25, 0.3) is 10.9 Å². The Balaban J connectivity index is 1.34. The Morgan fingerprint density at radius 3 is 2.82 bits per heavy atom. The molecule has 0 bridgehead atoms. The van der Waals surface area contributed by atoms with Crippen LogP contribution in [0.15, 0.2) is 30.7 Å². The van der Waals surface area contributed by atoms with Crippen LogP contribution in [0, 0.1) is 22.7 Å². The molecule has 1 aliphatic heterocycles. The van der Waals surface area contributed by atoms with E-state index in [2.05, 4.69) is 36.6 Å². The number of nitrogens with one attached hydrogen (secondary N) is 3. The molecule has 4 heterocycles. The van der Waals surface area contributed by atoms with Crippen molar-refractivity contribution < 1.29 is 8.42 Å². The molecule has 1 spiro atoms. The van der Waals surface area contributed by atoms with Crippen LogP contribution >= 0.6 is 0 Å². The first kappa shape index (κ1) is 20.0. The molecule has 2 fully saturated rings. The van der Waals surface area contributed by atoms with Gasteiger partial charge in [0.05, 0.1) is 22.5 Å². The first-order valence-electron chi connectivity index (χ1n) is 10.6. The average Bonchev–Trinajstić information content (AvgIpc) is 3.63. The van der Waals surface area contributed by atoms with Crippen molar-refractivity contribution in [3.05, 3.63) is 47.5 Å². The molecule has 3 aromatic heterocycles. The van der Waals surface area contributed by atoms with E-state index < -0.39 is 20.1 Å². The van der Waals surface area contributed by atoms with Gasteiger partial charge in [-0.25, -0.2) is 23.4 Å². The van der Waals surface area contributed by atoms with Gasteiger partial charge in [-0.05, 0) is 43.4 Å². The topological polar surface area (TPSA) is 157 Å². The molecule has 0 radical (unpaired) electrons. The fourth-order valence-corrected chi connectivity index (χ4v) is 7.34. The van der Waals surface area contributed by atoms with Gasteiger partial charge >= 0.3 is 0 Å². The fraction of sp³-hybridized carbons (Fsp3) is 0.364. The number of pyridine rings is 2. The van der Waals surface area contributed by atoms with Crippen LogP contribution in [0.4, 0.5) is 11.8 Å². The zero-order valence-electron chi connectivity index (χ0n) is 17.8. The largest absolute Gasteiger partial charge is 0.360 e. The minimum Gasteiger partial charge on any atom is -0.360 e. The maximum atomic E-state index is 13.3. The third kappa shape index (κ3) is 2.77. The quantitative estimate of drug-likeness (QED) is 0.531. The predicted octanol–water partition coefficient (Wildman–Crippen LogP) is 1.95. The highest BCUT2D eigenvalue weighted by molar-refractivity contribution is 7.93. The van der Waals surface area contributed by atoms with E-state index >= 15 is 0 Å². The van der Waals surface area contributed by atoms with Crippen LogP contribution in [0.2, 0.25) is 0 Å². The lowest BCUT2D eigenvalue weighted by Gasteiger charge is -2.50. The Morgan fingerprint density at radius 1 is 1.27 bits per heavy atom. The van der Waals surface area contributed by atoms with Crippen molar-refractivity contribution in [2.45, 2.75) is 36.5 Å². The standard InChI is InChI=1S/C22H20N8O2S/c1-21(15-2-3-15)19(24)30-22(11-33(21,31)32)7-14-10-27-20(28-17(14)22)29-18-16-13(4-5-25-18)6-12(8-23)9-26-16/h4-6,9-10,15H,2-3,7,11H2,1H3,(H2,24,30)(H,25,27,28,29)/t21-,22-/m0/s1. The number of aromatic nitrogens is 4. The molecule has 2 aliphatic carbocycles. The summed E-state index contributed by atoms with van der Waals surface area (Å²) in [5.74, 6) is 0.671. The highest BCUT2D eigenvalue weighted by Crippen LogP contribution is 2.51. The lowest BCUT2D eigenvalue weighted by atomic mass is 9.75. The van der Waals surface area contributed by atoms with Crippen LogP contribution < -0.4 is 10.6 Å². The van der Waals surface area contributed by atoms with E-state index in [0.717, 1.165) is 23.8 Å². The highest BCUT2D eigenvalue weighted by Gasteiger charge is 2.63. The Labute approximate surface area is 189 Å². The molecule has 6 rings (SSSR count). The van der Waals surface area contributed by atoms with E-state index in [1.54, 1.807) is 31.5 Å². The summed E-state index contributed by atoms with van der Waals surface area (Å²) in [6.07, 6.45) is 6.88. The smallest absolute Gasteiger partial charge is 0.228 e. The van der Waals surface area contributed by atoms with Crippen molar-refractivity contribution in [3.8, 4) is 6.07 Å². The average molecular weight is 461 g/mol. The van der Waals surface area contributed by atoms with Crippen molar-refractivity contribution in [1.29, 1.82) is 10.7 Å². The number of rotatable bonds is 3. The number of anilines is 2. The number of hydrogen-bond acceptors (Lipinski definition) is 9. The summed E-state index contributed by atoms with van der Waals surface area (Å²) in [4.78, 5) is 17.6. The summed E-state index contributed by atoms with van der Waals surface area (Å²) >= 11 is 0. The van der Waals surface area contributed by atoms with Crippen molar-refractivity contribution in [1.82, 2.24) is 25.3 Å². The third-order valence-corrected chi connectivity index (χ3v) is 9.77. The minimum absolute atomic E-state index is 0.00788. The lowest BCUT2D eigenvalue weighted by molar-refractivity contribution is 0.336. The van der Waals surface area contributed by atoms with E-state index in [9.17, 15) is 8.42 Å². The number of amidine groups is 1. The number of sulfone groups is 1. The van der Waals surface area contributed by atoms with Gasteiger partial charge in [-0.15, -0.1) is 0 Å². The highest BCUT2D eigenvalue weighted by atomic mass is 32.2. The number of fused-ring (bicyclic) bond motifs is 3. The van der Waals surface area contributed by atoms with Gasteiger partial charge in [-0.3, -0.25) is 10.4 Å². The van der Waals surface area contributed by atoms with E-state index in [1.807, 2.05) is 0 Å². The zero-order valence-corrected chi connectivity index (χ0v) is 18.6. The summed E-state index contributed by atoms with van der Waals surface area (Å²) in [5, 5.41) is 24.7. The molecular formula is C22H20N8O2S. The summed E-state index contributed by atoms with van der Waals surface area (Å²) in [6.45, 7) is 1.67. The van der Waals surface area contributed by atoms with E-state index in [0.29, 0.717) is 29.0 Å². The van der Waals surface area contributed by atoms with Gasteiger partial charge in [0.15, 0.2) is 15.7 Å². The first-order chi connectivity index (χ1) is 15.8. The molecule has 11 heteroatoms. The van der Waals surface area contributed by atoms with Gasteiger partial charge in [0.1, 0.15) is 22.2 Å². The van der Waals surface area contributed by atoms with Gasteiger partial charge in [-0.2, -0.15) is 5.26 Å². The summed E-state index contributed by atoms with van der Waals surface area (Å²) in [7, 11) is -3.54. The van der Waals surface area contributed by atoms with Crippen molar-refractivity contribution in [2.24, 2.45) is 5.92 Å². The maximum Gasteiger partial charge on any atom is 0.228 e. The Hall–Kier alpha value is -3.65. The van der Waals surface area contributed by atoms with E-state index in [-0.39, 0.29) is 23.5 Å². The lowest BCUT2D eigenvalue weighted by Crippen LogP contribution is -2.70. The second-order valence-corrected chi connectivity index (χ2v) is 11.5. The number of nitrogens with zero attached hydrogens (tertiary/aromatic N) is 5. The summed E-state index contributed by atoms with van der Waals surface area (Å²) in [6, 6.07) is 5.56.